The molecule has 0 bridgehead atoms. The van der Waals surface area contributed by atoms with Gasteiger partial charge in [0, 0.05) is 17.7 Å². The molecule has 26 heavy (non-hydrogen) atoms. The molecule has 0 saturated heterocycles. The number of rotatable bonds is 4. The standard InChI is InChI=1S/C20H25N3O3/c1-12-13(18(25)23-19(26)21-12)8-9-17(24)22-16-10-11-20(2,3)15-7-5-4-6-14(15)16/h4-7,16H,8-11H2,1-3H3,(H,22,24)(H2,21,23,25,26). The first-order chi connectivity index (χ1) is 12.3. The molecule has 1 aromatic carbocycles. The van der Waals surface area contributed by atoms with Crippen molar-refractivity contribution in [3.63, 3.8) is 0 Å². The molecule has 138 valence electrons. The van der Waals surface area contributed by atoms with Crippen molar-refractivity contribution >= 4 is 5.91 Å². The number of nitrogens with one attached hydrogen (secondary N) is 3. The van der Waals surface area contributed by atoms with Crippen molar-refractivity contribution in [3.8, 4) is 0 Å². The summed E-state index contributed by atoms with van der Waals surface area (Å²) in [5.74, 6) is -0.0884. The Morgan fingerprint density at radius 1 is 1.23 bits per heavy atom. The van der Waals surface area contributed by atoms with Crippen LogP contribution in [0.3, 0.4) is 0 Å². The largest absolute Gasteiger partial charge is 0.349 e. The van der Waals surface area contributed by atoms with Crippen molar-refractivity contribution in [1.82, 2.24) is 15.3 Å². The van der Waals surface area contributed by atoms with Crippen molar-refractivity contribution in [2.45, 2.75) is 57.9 Å². The Kier molecular flexibility index (Phi) is 4.85. The van der Waals surface area contributed by atoms with Crippen LogP contribution in [0.5, 0.6) is 0 Å². The van der Waals surface area contributed by atoms with Gasteiger partial charge in [-0.05, 0) is 42.7 Å². The molecule has 0 radical (unpaired) electrons. The number of aromatic nitrogens is 2. The maximum atomic E-state index is 12.4. The van der Waals surface area contributed by atoms with Gasteiger partial charge in [-0.1, -0.05) is 38.1 Å². The average molecular weight is 355 g/mol. The van der Waals surface area contributed by atoms with E-state index < -0.39 is 11.2 Å². The van der Waals surface area contributed by atoms with Gasteiger partial charge in [-0.25, -0.2) is 4.79 Å². The summed E-state index contributed by atoms with van der Waals surface area (Å²) in [6.45, 7) is 6.13. The maximum absolute atomic E-state index is 12.4. The Balaban J connectivity index is 1.70. The van der Waals surface area contributed by atoms with Gasteiger partial charge in [0.05, 0.1) is 6.04 Å². The highest BCUT2D eigenvalue weighted by Crippen LogP contribution is 2.41. The number of fused-ring (bicyclic) bond motifs is 1. The molecule has 0 spiro atoms. The SMILES string of the molecule is Cc1[nH]c(=O)[nH]c(=O)c1CCC(=O)NC1CCC(C)(C)c2ccccc21. The lowest BCUT2D eigenvalue weighted by atomic mass is 9.71. The van der Waals surface area contributed by atoms with E-state index in [1.54, 1.807) is 6.92 Å². The zero-order valence-corrected chi connectivity index (χ0v) is 15.4. The number of hydrogen-bond acceptors (Lipinski definition) is 3. The minimum Gasteiger partial charge on any atom is -0.349 e. The molecule has 6 nitrogen and oxygen atoms in total. The Morgan fingerprint density at radius 2 is 1.96 bits per heavy atom. The highest BCUT2D eigenvalue weighted by molar-refractivity contribution is 5.77. The molecule has 3 N–H and O–H groups in total. The Morgan fingerprint density at radius 3 is 2.69 bits per heavy atom. The van der Waals surface area contributed by atoms with Crippen LogP contribution < -0.4 is 16.6 Å². The molecule has 6 heteroatoms. The number of aryl methyl sites for hydroxylation is 1. The topological polar surface area (TPSA) is 94.8 Å². The molecule has 0 aliphatic heterocycles. The van der Waals surface area contributed by atoms with Gasteiger partial charge in [0.15, 0.2) is 0 Å². The Bertz CT molecular complexity index is 940. The van der Waals surface area contributed by atoms with Gasteiger partial charge in [-0.15, -0.1) is 0 Å². The highest BCUT2D eigenvalue weighted by atomic mass is 16.2. The lowest BCUT2D eigenvalue weighted by Crippen LogP contribution is -2.36. The van der Waals surface area contributed by atoms with Crippen LogP contribution in [0.15, 0.2) is 33.9 Å². The smallest absolute Gasteiger partial charge is 0.325 e. The summed E-state index contributed by atoms with van der Waals surface area (Å²) in [6, 6.07) is 8.26. The molecular formula is C20H25N3O3. The van der Waals surface area contributed by atoms with Gasteiger partial charge in [-0.2, -0.15) is 0 Å². The van der Waals surface area contributed by atoms with Gasteiger partial charge in [-0.3, -0.25) is 14.6 Å². The second-order valence-corrected chi connectivity index (χ2v) is 7.64. The van der Waals surface area contributed by atoms with Crippen LogP contribution in [0.25, 0.3) is 0 Å². The minimum atomic E-state index is -0.526. The van der Waals surface area contributed by atoms with Crippen molar-refractivity contribution in [2.24, 2.45) is 0 Å². The molecule has 0 fully saturated rings. The number of aromatic amines is 2. The lowest BCUT2D eigenvalue weighted by Gasteiger charge is -2.37. The van der Waals surface area contributed by atoms with E-state index in [2.05, 4.69) is 41.3 Å². The molecule has 1 unspecified atom stereocenters. The van der Waals surface area contributed by atoms with Gasteiger partial charge < -0.3 is 10.3 Å². The number of carbonyl (C=O) groups excluding carboxylic acids is 1. The molecule has 1 aliphatic rings. The van der Waals surface area contributed by atoms with Crippen LogP contribution in [-0.4, -0.2) is 15.9 Å². The predicted molar refractivity (Wildman–Crippen MR) is 100 cm³/mol. The molecule has 1 aliphatic carbocycles. The third-order valence-corrected chi connectivity index (χ3v) is 5.32. The fraction of sp³-hybridized carbons (Fsp3) is 0.450. The predicted octanol–water partition coefficient (Wildman–Crippen LogP) is 2.23. The van der Waals surface area contributed by atoms with E-state index in [0.717, 1.165) is 12.8 Å². The summed E-state index contributed by atoms with van der Waals surface area (Å²) >= 11 is 0. The third-order valence-electron chi connectivity index (χ3n) is 5.32. The molecule has 3 rings (SSSR count). The van der Waals surface area contributed by atoms with Crippen LogP contribution in [0.2, 0.25) is 0 Å². The molecule has 1 amide bonds. The highest BCUT2D eigenvalue weighted by Gasteiger charge is 2.32. The minimum absolute atomic E-state index is 0.00156. The van der Waals surface area contributed by atoms with E-state index in [1.807, 2.05) is 12.1 Å². The van der Waals surface area contributed by atoms with Crippen molar-refractivity contribution in [2.75, 3.05) is 0 Å². The fourth-order valence-electron chi connectivity index (χ4n) is 3.79. The van der Waals surface area contributed by atoms with Crippen molar-refractivity contribution in [1.29, 1.82) is 0 Å². The first-order valence-electron chi connectivity index (χ1n) is 8.99. The fourth-order valence-corrected chi connectivity index (χ4v) is 3.79. The molecule has 1 atom stereocenters. The lowest BCUT2D eigenvalue weighted by molar-refractivity contribution is -0.122. The molecule has 1 heterocycles. The first-order valence-corrected chi connectivity index (χ1v) is 8.99. The zero-order valence-electron chi connectivity index (χ0n) is 15.4. The monoisotopic (exact) mass is 355 g/mol. The first kappa shape index (κ1) is 18.2. The van der Waals surface area contributed by atoms with Crippen LogP contribution in [0.1, 0.15) is 61.5 Å². The van der Waals surface area contributed by atoms with Crippen LogP contribution in [0.4, 0.5) is 0 Å². The summed E-state index contributed by atoms with van der Waals surface area (Å²) in [7, 11) is 0. The third kappa shape index (κ3) is 3.64. The van der Waals surface area contributed by atoms with E-state index in [1.165, 1.54) is 11.1 Å². The van der Waals surface area contributed by atoms with E-state index in [4.69, 9.17) is 0 Å². The second kappa shape index (κ2) is 6.94. The van der Waals surface area contributed by atoms with Gasteiger partial charge >= 0.3 is 5.69 Å². The quantitative estimate of drug-likeness (QED) is 0.785. The van der Waals surface area contributed by atoms with Crippen molar-refractivity contribution < 1.29 is 4.79 Å². The number of amides is 1. The molecule has 2 aromatic rings. The Hall–Kier alpha value is -2.63. The molecule has 1 aromatic heterocycles. The second-order valence-electron chi connectivity index (χ2n) is 7.64. The maximum Gasteiger partial charge on any atom is 0.325 e. The van der Waals surface area contributed by atoms with Gasteiger partial charge in [0.25, 0.3) is 5.56 Å². The van der Waals surface area contributed by atoms with E-state index in [-0.39, 0.29) is 23.8 Å². The Labute approximate surface area is 152 Å². The number of carbonyl (C=O) groups is 1. The van der Waals surface area contributed by atoms with Gasteiger partial charge in [0.2, 0.25) is 5.91 Å². The van der Waals surface area contributed by atoms with Gasteiger partial charge in [0.1, 0.15) is 0 Å². The summed E-state index contributed by atoms with van der Waals surface area (Å²) in [5.41, 5.74) is 2.57. The van der Waals surface area contributed by atoms with Crippen molar-refractivity contribution in [3.05, 3.63) is 67.5 Å². The molecule has 0 saturated carbocycles. The number of hydrogen-bond donors (Lipinski definition) is 3. The zero-order chi connectivity index (χ0) is 18.9. The summed E-state index contributed by atoms with van der Waals surface area (Å²) in [5, 5.41) is 3.11. The van der Waals surface area contributed by atoms with Crippen LogP contribution >= 0.6 is 0 Å². The van der Waals surface area contributed by atoms with E-state index in [9.17, 15) is 14.4 Å². The normalized spacial score (nSPS) is 18.2. The number of H-pyrrole nitrogens is 2. The van der Waals surface area contributed by atoms with Crippen LogP contribution in [-0.2, 0) is 16.6 Å². The van der Waals surface area contributed by atoms with E-state index in [0.29, 0.717) is 17.7 Å². The summed E-state index contributed by atoms with van der Waals surface area (Å²) in [4.78, 5) is 40.4. The molecular weight excluding hydrogens is 330 g/mol. The summed E-state index contributed by atoms with van der Waals surface area (Å²) < 4.78 is 0. The van der Waals surface area contributed by atoms with E-state index >= 15 is 0 Å². The summed E-state index contributed by atoms with van der Waals surface area (Å²) in [6.07, 6.45) is 2.41. The number of benzene rings is 1. The van der Waals surface area contributed by atoms with Crippen LogP contribution in [0, 0.1) is 6.92 Å². The average Bonchev–Trinajstić information content (AvgIpc) is 2.57.